The van der Waals surface area contributed by atoms with E-state index < -0.39 is 0 Å². The van der Waals surface area contributed by atoms with Crippen LogP contribution in [-0.4, -0.2) is 16.8 Å². The molecule has 2 heterocycles. The van der Waals surface area contributed by atoms with Crippen LogP contribution in [0.5, 0.6) is 11.5 Å². The maximum Gasteiger partial charge on any atom is 0.213 e. The summed E-state index contributed by atoms with van der Waals surface area (Å²) in [5.74, 6) is 1.83. The van der Waals surface area contributed by atoms with Crippen LogP contribution in [0.2, 0.25) is 0 Å². The van der Waals surface area contributed by atoms with Gasteiger partial charge in [-0.15, -0.1) is 0 Å². The van der Waals surface area contributed by atoms with E-state index in [1.807, 2.05) is 50.2 Å². The summed E-state index contributed by atoms with van der Waals surface area (Å²) in [6.45, 7) is 4.07. The molecule has 0 saturated carbocycles. The molecular weight excluding hydrogens is 360 g/mol. The quantitative estimate of drug-likeness (QED) is 0.577. The molecule has 0 unspecified atom stereocenters. The normalized spacial score (nSPS) is 20.0. The van der Waals surface area contributed by atoms with Crippen molar-refractivity contribution < 1.29 is 9.47 Å². The summed E-state index contributed by atoms with van der Waals surface area (Å²) in [7, 11) is 0. The van der Waals surface area contributed by atoms with Crippen molar-refractivity contribution in [2.24, 2.45) is 5.10 Å². The number of ether oxygens (including phenoxy) is 2. The number of para-hydroxylation sites is 1. The number of fused-ring (bicyclic) bond motifs is 3. The van der Waals surface area contributed by atoms with Crippen LogP contribution in [0.1, 0.15) is 49.2 Å². The molecule has 0 aliphatic carbocycles. The van der Waals surface area contributed by atoms with Crippen molar-refractivity contribution in [1.29, 1.82) is 0 Å². The third-order valence-electron chi connectivity index (χ3n) is 5.34. The van der Waals surface area contributed by atoms with Gasteiger partial charge in [0.2, 0.25) is 6.23 Å². The highest BCUT2D eigenvalue weighted by Crippen LogP contribution is 2.47. The van der Waals surface area contributed by atoms with Crippen LogP contribution >= 0.6 is 0 Å². The first-order valence-corrected chi connectivity index (χ1v) is 10.1. The lowest BCUT2D eigenvalue weighted by Crippen LogP contribution is -2.33. The lowest BCUT2D eigenvalue weighted by molar-refractivity contribution is -0.0190. The van der Waals surface area contributed by atoms with E-state index in [-0.39, 0.29) is 18.4 Å². The SMILES string of the molecule is CC(C)Oc1ccc(C2=NN3[C@H](C2)c2ccccc2O[C@H]3c2ccccc2)cc1. The first kappa shape index (κ1) is 17.8. The first-order chi connectivity index (χ1) is 14.2. The third kappa shape index (κ3) is 3.35. The lowest BCUT2D eigenvalue weighted by Gasteiger charge is -2.38. The Kier molecular flexibility index (Phi) is 4.47. The molecule has 0 radical (unpaired) electrons. The zero-order valence-electron chi connectivity index (χ0n) is 16.7. The van der Waals surface area contributed by atoms with E-state index in [0.717, 1.165) is 34.8 Å². The maximum atomic E-state index is 6.38. The minimum atomic E-state index is -0.225. The minimum Gasteiger partial charge on any atom is -0.491 e. The van der Waals surface area contributed by atoms with Crippen LogP contribution in [0.4, 0.5) is 0 Å². The van der Waals surface area contributed by atoms with Crippen molar-refractivity contribution in [1.82, 2.24) is 5.01 Å². The highest BCUT2D eigenvalue weighted by atomic mass is 16.5. The van der Waals surface area contributed by atoms with Gasteiger partial charge in [-0.3, -0.25) is 0 Å². The number of nitrogens with zero attached hydrogens (tertiary/aromatic N) is 2. The van der Waals surface area contributed by atoms with E-state index in [2.05, 4.69) is 47.5 Å². The van der Waals surface area contributed by atoms with Crippen LogP contribution < -0.4 is 9.47 Å². The summed E-state index contributed by atoms with van der Waals surface area (Å²) >= 11 is 0. The van der Waals surface area contributed by atoms with E-state index in [0.29, 0.717) is 0 Å². The summed E-state index contributed by atoms with van der Waals surface area (Å²) < 4.78 is 12.2. The van der Waals surface area contributed by atoms with E-state index in [1.165, 1.54) is 5.56 Å². The zero-order valence-corrected chi connectivity index (χ0v) is 16.7. The van der Waals surface area contributed by atoms with Gasteiger partial charge in [0.05, 0.1) is 17.9 Å². The predicted molar refractivity (Wildman–Crippen MR) is 114 cm³/mol. The second-order valence-corrected chi connectivity index (χ2v) is 7.76. The lowest BCUT2D eigenvalue weighted by atomic mass is 9.96. The van der Waals surface area contributed by atoms with Gasteiger partial charge >= 0.3 is 0 Å². The van der Waals surface area contributed by atoms with Crippen molar-refractivity contribution in [3.8, 4) is 11.5 Å². The predicted octanol–water partition coefficient (Wildman–Crippen LogP) is 5.72. The fourth-order valence-corrected chi connectivity index (χ4v) is 4.04. The Balaban J connectivity index is 1.50. The molecule has 3 aromatic carbocycles. The molecule has 0 spiro atoms. The third-order valence-corrected chi connectivity index (χ3v) is 5.34. The fourth-order valence-electron chi connectivity index (χ4n) is 4.04. The molecule has 4 heteroatoms. The van der Waals surface area contributed by atoms with E-state index >= 15 is 0 Å². The van der Waals surface area contributed by atoms with Gasteiger partial charge in [-0.25, -0.2) is 5.01 Å². The first-order valence-electron chi connectivity index (χ1n) is 10.1. The second-order valence-electron chi connectivity index (χ2n) is 7.76. The fraction of sp³-hybridized carbons (Fsp3) is 0.240. The molecule has 146 valence electrons. The number of hydrogen-bond acceptors (Lipinski definition) is 4. The standard InChI is InChI=1S/C25H24N2O2/c1-17(2)28-20-14-12-18(13-15-20)22-16-23-21-10-6-7-11-24(21)29-25(27(23)26-22)19-8-4-3-5-9-19/h3-15,17,23,25H,16H2,1-2H3/t23-,25+/m1/s1. The Labute approximate surface area is 171 Å². The Morgan fingerprint density at radius 3 is 2.41 bits per heavy atom. The molecule has 29 heavy (non-hydrogen) atoms. The monoisotopic (exact) mass is 384 g/mol. The van der Waals surface area contributed by atoms with E-state index in [1.54, 1.807) is 0 Å². The topological polar surface area (TPSA) is 34.1 Å². The van der Waals surface area contributed by atoms with E-state index in [4.69, 9.17) is 14.6 Å². The van der Waals surface area contributed by atoms with Crippen LogP contribution in [-0.2, 0) is 0 Å². The second kappa shape index (κ2) is 7.28. The Morgan fingerprint density at radius 1 is 0.931 bits per heavy atom. The maximum absolute atomic E-state index is 6.38. The smallest absolute Gasteiger partial charge is 0.213 e. The van der Waals surface area contributed by atoms with Crippen molar-refractivity contribution in [3.05, 3.63) is 95.6 Å². The molecule has 0 saturated heterocycles. The highest BCUT2D eigenvalue weighted by Gasteiger charge is 2.40. The van der Waals surface area contributed by atoms with Gasteiger partial charge in [-0.1, -0.05) is 48.5 Å². The van der Waals surface area contributed by atoms with Crippen molar-refractivity contribution in [2.45, 2.75) is 38.6 Å². The average molecular weight is 384 g/mol. The number of rotatable bonds is 4. The Morgan fingerprint density at radius 2 is 1.66 bits per heavy atom. The van der Waals surface area contributed by atoms with Gasteiger partial charge in [0.25, 0.3) is 0 Å². The molecule has 2 atom stereocenters. The van der Waals surface area contributed by atoms with E-state index in [9.17, 15) is 0 Å². The molecular formula is C25H24N2O2. The summed E-state index contributed by atoms with van der Waals surface area (Å²) in [6, 6.07) is 27.0. The summed E-state index contributed by atoms with van der Waals surface area (Å²) in [6.07, 6.45) is 0.796. The Hall–Kier alpha value is -3.27. The molecule has 0 aromatic heterocycles. The van der Waals surface area contributed by atoms with Crippen LogP contribution in [0.15, 0.2) is 84.0 Å². The average Bonchev–Trinajstić information content (AvgIpc) is 3.19. The van der Waals surface area contributed by atoms with Crippen molar-refractivity contribution in [3.63, 3.8) is 0 Å². The highest BCUT2D eigenvalue weighted by molar-refractivity contribution is 6.02. The van der Waals surface area contributed by atoms with Crippen LogP contribution in [0.3, 0.4) is 0 Å². The molecule has 5 rings (SSSR count). The van der Waals surface area contributed by atoms with Gasteiger partial charge in [0, 0.05) is 17.5 Å². The van der Waals surface area contributed by atoms with Gasteiger partial charge < -0.3 is 9.47 Å². The van der Waals surface area contributed by atoms with Crippen LogP contribution in [0.25, 0.3) is 0 Å². The molecule has 0 fully saturated rings. The van der Waals surface area contributed by atoms with Crippen molar-refractivity contribution >= 4 is 5.71 Å². The van der Waals surface area contributed by atoms with Gasteiger partial charge in [-0.05, 0) is 49.7 Å². The number of hydrazone groups is 1. The largest absolute Gasteiger partial charge is 0.491 e. The Bertz CT molecular complexity index is 1030. The molecule has 2 aliphatic heterocycles. The molecule has 2 aliphatic rings. The van der Waals surface area contributed by atoms with Gasteiger partial charge in [0.1, 0.15) is 11.5 Å². The molecule has 0 N–H and O–H groups in total. The van der Waals surface area contributed by atoms with Crippen molar-refractivity contribution in [2.75, 3.05) is 0 Å². The molecule has 4 nitrogen and oxygen atoms in total. The van der Waals surface area contributed by atoms with Gasteiger partial charge in [-0.2, -0.15) is 5.10 Å². The van der Waals surface area contributed by atoms with Crippen LogP contribution in [0, 0.1) is 0 Å². The molecule has 0 bridgehead atoms. The molecule has 0 amide bonds. The number of benzene rings is 3. The minimum absolute atomic E-state index is 0.166. The summed E-state index contributed by atoms with van der Waals surface area (Å²) in [5, 5.41) is 7.13. The number of hydrogen-bond donors (Lipinski definition) is 0. The zero-order chi connectivity index (χ0) is 19.8. The van der Waals surface area contributed by atoms with Gasteiger partial charge in [0.15, 0.2) is 0 Å². The summed E-state index contributed by atoms with van der Waals surface area (Å²) in [4.78, 5) is 0. The summed E-state index contributed by atoms with van der Waals surface area (Å²) in [5.41, 5.74) is 4.50. The molecule has 3 aromatic rings.